The van der Waals surface area contributed by atoms with Crippen LogP contribution in [0, 0.1) is 40.4 Å². The first-order valence-electron chi connectivity index (χ1n) is 11.4. The lowest BCUT2D eigenvalue weighted by atomic mass is 9.43. The van der Waals surface area contributed by atoms with Crippen molar-refractivity contribution in [2.45, 2.75) is 76.0 Å². The lowest BCUT2D eigenvalue weighted by molar-refractivity contribution is -0.214. The number of aliphatic hydroxyl groups is 4. The summed E-state index contributed by atoms with van der Waals surface area (Å²) in [5.74, 6) is -2.42. The number of hydrogen-bond acceptors (Lipinski definition) is 8. The van der Waals surface area contributed by atoms with Crippen molar-refractivity contribution >= 4 is 10.4 Å². The van der Waals surface area contributed by atoms with Gasteiger partial charge in [0.2, 0.25) is 0 Å². The van der Waals surface area contributed by atoms with Crippen LogP contribution < -0.4 is 0 Å². The van der Waals surface area contributed by atoms with Crippen molar-refractivity contribution in [2.24, 2.45) is 40.4 Å². The molecular formula is C21H34O9S. The summed E-state index contributed by atoms with van der Waals surface area (Å²) in [6, 6.07) is 0. The molecule has 0 bridgehead atoms. The Morgan fingerprint density at radius 1 is 1.06 bits per heavy atom. The maximum absolute atomic E-state index is 11.2. The van der Waals surface area contributed by atoms with E-state index in [9.17, 15) is 28.8 Å². The van der Waals surface area contributed by atoms with E-state index < -0.39 is 46.3 Å². The van der Waals surface area contributed by atoms with E-state index in [4.69, 9.17) is 9.29 Å². The van der Waals surface area contributed by atoms with Gasteiger partial charge in [0.25, 0.3) is 0 Å². The van der Waals surface area contributed by atoms with Crippen LogP contribution >= 0.6 is 0 Å². The van der Waals surface area contributed by atoms with Crippen LogP contribution in [0.25, 0.3) is 0 Å². The third-order valence-corrected chi connectivity index (χ3v) is 10.3. The van der Waals surface area contributed by atoms with E-state index in [1.165, 1.54) is 0 Å². The molecule has 9 nitrogen and oxygen atoms in total. The number of aliphatic hydroxyl groups excluding tert-OH is 3. The SMILES string of the molecule is C[C@]12CCC(O)CC1CC(O)[C@H]1[C@@H]3C(O)C[C@@H]4C(O)(COS(=O)(=O)O)OC[C@@]43CC[C@@H]12. The summed E-state index contributed by atoms with van der Waals surface area (Å²) in [6.07, 6.45) is 3.02. The monoisotopic (exact) mass is 462 g/mol. The summed E-state index contributed by atoms with van der Waals surface area (Å²) in [4.78, 5) is 0. The molecule has 0 aromatic carbocycles. The molecule has 31 heavy (non-hydrogen) atoms. The van der Waals surface area contributed by atoms with E-state index in [2.05, 4.69) is 11.1 Å². The molecule has 4 saturated carbocycles. The van der Waals surface area contributed by atoms with Crippen molar-refractivity contribution in [1.29, 1.82) is 0 Å². The topological polar surface area (TPSA) is 154 Å². The molecule has 4 aliphatic carbocycles. The molecule has 5 aliphatic rings. The minimum absolute atomic E-state index is 0.00755. The van der Waals surface area contributed by atoms with E-state index in [0.717, 1.165) is 19.3 Å². The second-order valence-electron chi connectivity index (χ2n) is 11.1. The lowest BCUT2D eigenvalue weighted by Gasteiger charge is -2.62. The molecule has 1 aliphatic heterocycles. The average molecular weight is 463 g/mol. The quantitative estimate of drug-likeness (QED) is 0.376. The van der Waals surface area contributed by atoms with Gasteiger partial charge in [-0.05, 0) is 74.0 Å². The Morgan fingerprint density at radius 2 is 1.81 bits per heavy atom. The van der Waals surface area contributed by atoms with E-state index in [1.54, 1.807) is 0 Å². The minimum atomic E-state index is -4.74. The van der Waals surface area contributed by atoms with Crippen molar-refractivity contribution in [2.75, 3.05) is 13.2 Å². The summed E-state index contributed by atoms with van der Waals surface area (Å²) < 4.78 is 41.2. The molecular weight excluding hydrogens is 428 g/mol. The summed E-state index contributed by atoms with van der Waals surface area (Å²) in [5.41, 5.74) is -0.581. The van der Waals surface area contributed by atoms with E-state index in [0.29, 0.717) is 19.3 Å². The zero-order valence-corrected chi connectivity index (χ0v) is 18.6. The second kappa shape index (κ2) is 7.09. The van der Waals surface area contributed by atoms with Crippen molar-refractivity contribution in [3.05, 3.63) is 0 Å². The van der Waals surface area contributed by atoms with Gasteiger partial charge in [-0.1, -0.05) is 6.92 Å². The molecule has 1 heterocycles. The third kappa shape index (κ3) is 3.24. The van der Waals surface area contributed by atoms with Crippen LogP contribution in [0.5, 0.6) is 0 Å². The molecule has 0 aromatic rings. The van der Waals surface area contributed by atoms with E-state index in [-0.39, 0.29) is 48.2 Å². The molecule has 0 amide bonds. The van der Waals surface area contributed by atoms with Crippen LogP contribution in [0.4, 0.5) is 0 Å². The van der Waals surface area contributed by atoms with Crippen molar-refractivity contribution in [3.63, 3.8) is 0 Å². The average Bonchev–Trinajstić information content (AvgIpc) is 3.13. The molecule has 1 saturated heterocycles. The summed E-state index contributed by atoms with van der Waals surface area (Å²) in [5, 5.41) is 43.6. The molecule has 5 unspecified atom stereocenters. The summed E-state index contributed by atoms with van der Waals surface area (Å²) >= 11 is 0. The first-order valence-corrected chi connectivity index (χ1v) is 12.8. The fourth-order valence-corrected chi connectivity index (χ4v) is 8.94. The van der Waals surface area contributed by atoms with Gasteiger partial charge in [-0.3, -0.25) is 4.55 Å². The normalized spacial score (nSPS) is 56.5. The van der Waals surface area contributed by atoms with Gasteiger partial charge in [0, 0.05) is 11.3 Å². The highest BCUT2D eigenvalue weighted by Gasteiger charge is 2.72. The smallest absolute Gasteiger partial charge is 0.393 e. The molecule has 0 aromatic heterocycles. The molecule has 11 atom stereocenters. The Hall–Kier alpha value is -0.330. The number of hydrogen-bond donors (Lipinski definition) is 5. The number of rotatable bonds is 3. The standard InChI is InChI=1S/C21H34O9S/c1-19-4-2-12(22)6-11(19)7-14(23)17-13(19)3-5-20-9-29-21(25,10-30-31(26,27)28)16(20)8-15(24)18(17)20/h11-18,22-25H,2-10H2,1H3,(H,26,27,28)/t11?,12?,13-,14?,15?,16-,17-,18-,19-,20-,21?/m0/s1. The second-order valence-corrected chi connectivity index (χ2v) is 12.2. The van der Waals surface area contributed by atoms with Crippen LogP contribution in [-0.2, 0) is 19.3 Å². The Labute approximate surface area is 182 Å². The van der Waals surface area contributed by atoms with Crippen molar-refractivity contribution < 1.29 is 42.3 Å². The predicted octanol–water partition coefficient (Wildman–Crippen LogP) is 0.466. The Kier molecular flexibility index (Phi) is 5.13. The van der Waals surface area contributed by atoms with Crippen LogP contribution in [0.15, 0.2) is 0 Å². The fraction of sp³-hybridized carbons (Fsp3) is 1.00. The Bertz CT molecular complexity index is 835. The number of ether oxygens (including phenoxy) is 1. The van der Waals surface area contributed by atoms with Gasteiger partial charge in [-0.2, -0.15) is 8.42 Å². The maximum Gasteiger partial charge on any atom is 0.397 e. The van der Waals surface area contributed by atoms with Gasteiger partial charge in [0.15, 0.2) is 5.79 Å². The molecule has 5 N–H and O–H groups in total. The number of fused-ring (bicyclic) bond motifs is 4. The molecule has 178 valence electrons. The lowest BCUT2D eigenvalue weighted by Crippen LogP contribution is -2.60. The van der Waals surface area contributed by atoms with Crippen LogP contribution in [0.3, 0.4) is 0 Å². The highest BCUT2D eigenvalue weighted by Crippen LogP contribution is 2.70. The van der Waals surface area contributed by atoms with Crippen LogP contribution in [0.2, 0.25) is 0 Å². The van der Waals surface area contributed by atoms with Gasteiger partial charge in [-0.15, -0.1) is 0 Å². The zero-order chi connectivity index (χ0) is 22.4. The highest BCUT2D eigenvalue weighted by atomic mass is 32.3. The first kappa shape index (κ1) is 22.5. The Balaban J connectivity index is 1.46. The predicted molar refractivity (Wildman–Crippen MR) is 107 cm³/mol. The summed E-state index contributed by atoms with van der Waals surface area (Å²) in [6.45, 7) is 1.69. The van der Waals surface area contributed by atoms with Crippen molar-refractivity contribution in [1.82, 2.24) is 0 Å². The van der Waals surface area contributed by atoms with E-state index >= 15 is 0 Å². The van der Waals surface area contributed by atoms with Gasteiger partial charge < -0.3 is 25.2 Å². The molecule has 5 fully saturated rings. The largest absolute Gasteiger partial charge is 0.397 e. The highest BCUT2D eigenvalue weighted by molar-refractivity contribution is 7.80. The summed E-state index contributed by atoms with van der Waals surface area (Å²) in [7, 11) is -4.74. The fourth-order valence-electron chi connectivity index (χ4n) is 8.63. The molecule has 1 spiro atoms. The van der Waals surface area contributed by atoms with Crippen LogP contribution in [-0.4, -0.2) is 70.7 Å². The minimum Gasteiger partial charge on any atom is -0.393 e. The maximum atomic E-state index is 11.2. The van der Waals surface area contributed by atoms with Crippen LogP contribution in [0.1, 0.15) is 51.9 Å². The Morgan fingerprint density at radius 3 is 2.52 bits per heavy atom. The van der Waals surface area contributed by atoms with Gasteiger partial charge in [0.05, 0.1) is 24.9 Å². The first-order chi connectivity index (χ1) is 14.4. The van der Waals surface area contributed by atoms with Gasteiger partial charge in [-0.25, -0.2) is 4.18 Å². The van der Waals surface area contributed by atoms with Crippen molar-refractivity contribution in [3.8, 4) is 0 Å². The molecule has 0 radical (unpaired) electrons. The zero-order valence-electron chi connectivity index (χ0n) is 17.8. The third-order valence-electron chi connectivity index (χ3n) is 9.92. The molecule has 10 heteroatoms. The van der Waals surface area contributed by atoms with Gasteiger partial charge in [0.1, 0.15) is 6.61 Å². The van der Waals surface area contributed by atoms with Gasteiger partial charge >= 0.3 is 10.4 Å². The van der Waals surface area contributed by atoms with E-state index in [1.807, 2.05) is 0 Å². The molecule has 5 rings (SSSR count).